The van der Waals surface area contributed by atoms with Gasteiger partial charge in [-0.05, 0) is 36.8 Å². The minimum atomic E-state index is -3.75. The quantitative estimate of drug-likeness (QED) is 0.685. The lowest BCUT2D eigenvalue weighted by Gasteiger charge is -2.33. The maximum atomic E-state index is 13.5. The Morgan fingerprint density at radius 3 is 2.41 bits per heavy atom. The number of hydrogen-bond acceptors (Lipinski definition) is 5. The smallest absolute Gasteiger partial charge is 0.258 e. The highest BCUT2D eigenvalue weighted by atomic mass is 32.2. The third-order valence-electron chi connectivity index (χ3n) is 5.89. The number of hydrogen-bond donors (Lipinski definition) is 0. The molecule has 1 fully saturated rings. The van der Waals surface area contributed by atoms with Crippen LogP contribution in [0.5, 0.6) is 0 Å². The number of piperazine rings is 1. The van der Waals surface area contributed by atoms with E-state index in [-0.39, 0.29) is 29.8 Å². The fourth-order valence-electron chi connectivity index (χ4n) is 4.04. The Morgan fingerprint density at radius 2 is 1.69 bits per heavy atom. The summed E-state index contributed by atoms with van der Waals surface area (Å²) < 4.78 is 27.8. The third kappa shape index (κ3) is 4.55. The number of nitrogens with zero attached hydrogens (tertiary/aromatic N) is 3. The van der Waals surface area contributed by atoms with E-state index in [1.54, 1.807) is 33.7 Å². The van der Waals surface area contributed by atoms with E-state index in [0.29, 0.717) is 30.4 Å². The molecule has 4 rings (SSSR count). The SMILES string of the molecule is CC(=O)N1CCN(S(=O)(=O)c2cccc(C(=O)N3CC[C@H](C)Sc4ccccc43)c2)CC1. The van der Waals surface area contributed by atoms with Gasteiger partial charge in [0.15, 0.2) is 0 Å². The molecule has 7 nitrogen and oxygen atoms in total. The maximum Gasteiger partial charge on any atom is 0.258 e. The molecule has 0 saturated carbocycles. The zero-order chi connectivity index (χ0) is 22.9. The second-order valence-electron chi connectivity index (χ2n) is 8.08. The molecule has 2 aliphatic rings. The molecule has 2 aromatic carbocycles. The number of rotatable bonds is 3. The van der Waals surface area contributed by atoms with E-state index in [1.165, 1.54) is 23.4 Å². The number of sulfonamides is 1. The fraction of sp³-hybridized carbons (Fsp3) is 0.391. The predicted octanol–water partition coefficient (Wildman–Crippen LogP) is 3.07. The lowest BCUT2D eigenvalue weighted by Crippen LogP contribution is -2.49. The third-order valence-corrected chi connectivity index (χ3v) is 9.02. The summed E-state index contributed by atoms with van der Waals surface area (Å²) in [5.74, 6) is -0.259. The molecule has 170 valence electrons. The summed E-state index contributed by atoms with van der Waals surface area (Å²) in [5, 5.41) is 0.384. The average molecular weight is 474 g/mol. The summed E-state index contributed by atoms with van der Waals surface area (Å²) in [4.78, 5) is 29.6. The second kappa shape index (κ2) is 9.25. The molecule has 0 radical (unpaired) electrons. The molecule has 2 amide bonds. The lowest BCUT2D eigenvalue weighted by molar-refractivity contribution is -0.129. The largest absolute Gasteiger partial charge is 0.340 e. The van der Waals surface area contributed by atoms with Gasteiger partial charge in [0.05, 0.1) is 10.6 Å². The molecule has 9 heteroatoms. The standard InChI is InChI=1S/C23H27N3O4S2/c1-17-10-11-26(21-8-3-4-9-22(21)31-17)23(28)19-6-5-7-20(16-19)32(29,30)25-14-12-24(13-15-25)18(2)27/h3-9,16-17H,10-15H2,1-2H3/t17-/m0/s1. The summed E-state index contributed by atoms with van der Waals surface area (Å²) in [5.41, 5.74) is 1.21. The Morgan fingerprint density at radius 1 is 0.969 bits per heavy atom. The van der Waals surface area contributed by atoms with Gasteiger partial charge in [-0.3, -0.25) is 9.59 Å². The number of para-hydroxylation sites is 1. The van der Waals surface area contributed by atoms with Gasteiger partial charge in [-0.15, -0.1) is 11.8 Å². The number of fused-ring (bicyclic) bond motifs is 1. The Balaban J connectivity index is 1.59. The second-order valence-corrected chi connectivity index (χ2v) is 11.5. The van der Waals surface area contributed by atoms with Gasteiger partial charge in [-0.2, -0.15) is 4.31 Å². The predicted molar refractivity (Wildman–Crippen MR) is 126 cm³/mol. The molecule has 0 spiro atoms. The van der Waals surface area contributed by atoms with E-state index < -0.39 is 10.0 Å². The van der Waals surface area contributed by atoms with Crippen molar-refractivity contribution in [2.45, 2.75) is 35.3 Å². The summed E-state index contributed by atoms with van der Waals surface area (Å²) in [6.07, 6.45) is 0.851. The van der Waals surface area contributed by atoms with Crippen LogP contribution in [0.4, 0.5) is 5.69 Å². The van der Waals surface area contributed by atoms with Crippen LogP contribution in [-0.2, 0) is 14.8 Å². The monoisotopic (exact) mass is 473 g/mol. The van der Waals surface area contributed by atoms with Crippen LogP contribution in [0.3, 0.4) is 0 Å². The van der Waals surface area contributed by atoms with Crippen molar-refractivity contribution in [3.05, 3.63) is 54.1 Å². The van der Waals surface area contributed by atoms with Gasteiger partial charge in [0.1, 0.15) is 0 Å². The van der Waals surface area contributed by atoms with E-state index in [4.69, 9.17) is 0 Å². The highest BCUT2D eigenvalue weighted by molar-refractivity contribution is 8.00. The number of benzene rings is 2. The summed E-state index contributed by atoms with van der Waals surface area (Å²) in [6.45, 7) is 5.44. The fourth-order valence-corrected chi connectivity index (χ4v) is 6.62. The van der Waals surface area contributed by atoms with Crippen LogP contribution < -0.4 is 4.90 Å². The van der Waals surface area contributed by atoms with Gasteiger partial charge >= 0.3 is 0 Å². The van der Waals surface area contributed by atoms with Crippen molar-refractivity contribution >= 4 is 39.3 Å². The van der Waals surface area contributed by atoms with E-state index in [1.807, 2.05) is 24.3 Å². The first kappa shape index (κ1) is 22.8. The van der Waals surface area contributed by atoms with Crippen molar-refractivity contribution < 1.29 is 18.0 Å². The normalized spacial score (nSPS) is 19.9. The molecular formula is C23H27N3O4S2. The topological polar surface area (TPSA) is 78.0 Å². The first-order chi connectivity index (χ1) is 15.3. The van der Waals surface area contributed by atoms with E-state index in [0.717, 1.165) is 17.0 Å². The van der Waals surface area contributed by atoms with Crippen molar-refractivity contribution in [2.24, 2.45) is 0 Å². The van der Waals surface area contributed by atoms with Crippen LogP contribution in [0, 0.1) is 0 Å². The van der Waals surface area contributed by atoms with Gasteiger partial charge in [-0.25, -0.2) is 8.42 Å². The molecule has 2 aliphatic heterocycles. The molecule has 0 aliphatic carbocycles. The molecule has 1 saturated heterocycles. The van der Waals surface area contributed by atoms with Crippen LogP contribution >= 0.6 is 11.8 Å². The highest BCUT2D eigenvalue weighted by Crippen LogP contribution is 2.38. The van der Waals surface area contributed by atoms with Crippen molar-refractivity contribution in [1.82, 2.24) is 9.21 Å². The van der Waals surface area contributed by atoms with Gasteiger partial charge in [0.25, 0.3) is 5.91 Å². The molecule has 2 heterocycles. The Bertz CT molecular complexity index is 1130. The van der Waals surface area contributed by atoms with Crippen LogP contribution in [0.2, 0.25) is 0 Å². The Labute approximate surface area is 193 Å². The summed E-state index contributed by atoms with van der Waals surface area (Å²) in [6, 6.07) is 14.1. The number of anilines is 1. The van der Waals surface area contributed by atoms with Gasteiger partial charge in [-0.1, -0.05) is 25.1 Å². The first-order valence-electron chi connectivity index (χ1n) is 10.7. The number of thioether (sulfide) groups is 1. The Kier molecular flexibility index (Phi) is 6.60. The average Bonchev–Trinajstić information content (AvgIpc) is 2.97. The number of carbonyl (C=O) groups is 2. The minimum Gasteiger partial charge on any atom is -0.340 e. The van der Waals surface area contributed by atoms with Gasteiger partial charge in [0.2, 0.25) is 15.9 Å². The summed E-state index contributed by atoms with van der Waals surface area (Å²) >= 11 is 1.75. The van der Waals surface area contributed by atoms with Crippen LogP contribution in [0.25, 0.3) is 0 Å². The van der Waals surface area contributed by atoms with Crippen molar-refractivity contribution in [1.29, 1.82) is 0 Å². The zero-order valence-corrected chi connectivity index (χ0v) is 19.9. The molecule has 2 aromatic rings. The number of carbonyl (C=O) groups excluding carboxylic acids is 2. The maximum absolute atomic E-state index is 13.5. The Hall–Kier alpha value is -2.36. The van der Waals surface area contributed by atoms with E-state index in [2.05, 4.69) is 6.92 Å². The van der Waals surface area contributed by atoms with Crippen molar-refractivity contribution in [2.75, 3.05) is 37.6 Å². The summed E-state index contributed by atoms with van der Waals surface area (Å²) in [7, 11) is -3.75. The van der Waals surface area contributed by atoms with E-state index in [9.17, 15) is 18.0 Å². The van der Waals surface area contributed by atoms with Crippen molar-refractivity contribution in [3.63, 3.8) is 0 Å². The highest BCUT2D eigenvalue weighted by Gasteiger charge is 2.31. The lowest BCUT2D eigenvalue weighted by atomic mass is 10.1. The van der Waals surface area contributed by atoms with E-state index >= 15 is 0 Å². The molecule has 1 atom stereocenters. The van der Waals surface area contributed by atoms with Crippen molar-refractivity contribution in [3.8, 4) is 0 Å². The molecule has 0 aromatic heterocycles. The minimum absolute atomic E-state index is 0.0557. The van der Waals surface area contributed by atoms with Crippen LogP contribution in [0.15, 0.2) is 58.3 Å². The van der Waals surface area contributed by atoms with Gasteiger partial charge < -0.3 is 9.80 Å². The molecule has 32 heavy (non-hydrogen) atoms. The molecule has 0 unspecified atom stereocenters. The zero-order valence-electron chi connectivity index (χ0n) is 18.2. The van der Waals surface area contributed by atoms with Crippen LogP contribution in [-0.4, -0.2) is 67.4 Å². The molecule has 0 N–H and O–H groups in total. The first-order valence-corrected chi connectivity index (χ1v) is 13.0. The van der Waals surface area contributed by atoms with Crippen LogP contribution in [0.1, 0.15) is 30.6 Å². The molecule has 0 bridgehead atoms. The number of amides is 2. The van der Waals surface area contributed by atoms with Gasteiger partial charge in [0, 0.05) is 55.4 Å². The molecular weight excluding hydrogens is 446 g/mol.